The Kier molecular flexibility index (Phi) is 3.74. The first kappa shape index (κ1) is 11.3. The lowest BCUT2D eigenvalue weighted by atomic mass is 10.2. The predicted molar refractivity (Wildman–Crippen MR) is 64.4 cm³/mol. The van der Waals surface area contributed by atoms with Gasteiger partial charge in [0.15, 0.2) is 5.13 Å². The van der Waals surface area contributed by atoms with Crippen LogP contribution >= 0.6 is 11.3 Å². The highest BCUT2D eigenvalue weighted by atomic mass is 32.1. The lowest BCUT2D eigenvalue weighted by molar-refractivity contribution is 0.162. The molecular weight excluding hydrogens is 224 g/mol. The molecule has 1 aliphatic heterocycles. The van der Waals surface area contributed by atoms with E-state index in [2.05, 4.69) is 15.7 Å². The third-order valence-corrected chi connectivity index (χ3v) is 3.33. The number of carbonyl (C=O) groups is 1. The van der Waals surface area contributed by atoms with Crippen LogP contribution in [-0.2, 0) is 0 Å². The summed E-state index contributed by atoms with van der Waals surface area (Å²) in [5, 5.41) is 7.24. The van der Waals surface area contributed by atoms with E-state index in [0.717, 1.165) is 31.6 Å². The molecule has 0 atom stereocenters. The number of hydrazine groups is 1. The molecule has 6 heteroatoms. The van der Waals surface area contributed by atoms with Crippen molar-refractivity contribution in [2.24, 2.45) is 0 Å². The van der Waals surface area contributed by atoms with Crippen molar-refractivity contribution in [1.29, 1.82) is 0 Å². The Morgan fingerprint density at radius 1 is 1.44 bits per heavy atom. The fraction of sp³-hybridized carbons (Fsp3) is 0.600. The zero-order chi connectivity index (χ0) is 11.4. The van der Waals surface area contributed by atoms with Gasteiger partial charge in [-0.25, -0.2) is 14.8 Å². The van der Waals surface area contributed by atoms with E-state index in [4.69, 9.17) is 0 Å². The summed E-state index contributed by atoms with van der Waals surface area (Å²) in [5.74, 6) is 0. The molecule has 1 aliphatic rings. The minimum atomic E-state index is -0.198. The quantitative estimate of drug-likeness (QED) is 0.831. The molecule has 5 nitrogen and oxygen atoms in total. The minimum absolute atomic E-state index is 0.198. The topological polar surface area (TPSA) is 57.3 Å². The first-order valence-corrected chi connectivity index (χ1v) is 6.37. The largest absolute Gasteiger partial charge is 0.335 e. The van der Waals surface area contributed by atoms with Gasteiger partial charge in [0.2, 0.25) is 0 Å². The molecule has 0 saturated carbocycles. The summed E-state index contributed by atoms with van der Waals surface area (Å²) in [7, 11) is 0. The zero-order valence-electron chi connectivity index (χ0n) is 9.32. The maximum atomic E-state index is 11.6. The van der Waals surface area contributed by atoms with Crippen LogP contribution < -0.4 is 10.7 Å². The van der Waals surface area contributed by atoms with Crippen molar-refractivity contribution in [3.8, 4) is 0 Å². The molecule has 0 aromatic carbocycles. The van der Waals surface area contributed by atoms with Crippen LogP contribution in [0.15, 0.2) is 5.38 Å². The Hall–Kier alpha value is -1.14. The normalized spacial score (nSPS) is 17.1. The standard InChI is InChI=1S/C10H16N4OS/c1-8-7-16-10(11-8)12-9(15)13-14-5-3-2-4-6-14/h7H,2-6H2,1H3,(H2,11,12,13,15). The first-order valence-electron chi connectivity index (χ1n) is 5.49. The van der Waals surface area contributed by atoms with Crippen molar-refractivity contribution >= 4 is 22.5 Å². The summed E-state index contributed by atoms with van der Waals surface area (Å²) in [5.41, 5.74) is 3.76. The molecule has 2 heterocycles. The van der Waals surface area contributed by atoms with Gasteiger partial charge in [-0.1, -0.05) is 6.42 Å². The van der Waals surface area contributed by atoms with Gasteiger partial charge >= 0.3 is 6.03 Å². The lowest BCUT2D eigenvalue weighted by Crippen LogP contribution is -2.46. The molecule has 0 unspecified atom stereocenters. The Bertz CT molecular complexity index is 359. The SMILES string of the molecule is Cc1csc(NC(=O)NN2CCCCC2)n1. The maximum Gasteiger partial charge on any atom is 0.335 e. The van der Waals surface area contributed by atoms with Gasteiger partial charge < -0.3 is 0 Å². The molecule has 16 heavy (non-hydrogen) atoms. The van der Waals surface area contributed by atoms with Crippen LogP contribution in [0.25, 0.3) is 0 Å². The van der Waals surface area contributed by atoms with E-state index in [1.165, 1.54) is 17.8 Å². The number of hydrogen-bond donors (Lipinski definition) is 2. The minimum Gasteiger partial charge on any atom is -0.283 e. The molecule has 0 spiro atoms. The van der Waals surface area contributed by atoms with Crippen molar-refractivity contribution in [1.82, 2.24) is 15.4 Å². The van der Waals surface area contributed by atoms with E-state index >= 15 is 0 Å². The molecule has 88 valence electrons. The molecule has 2 N–H and O–H groups in total. The van der Waals surface area contributed by atoms with Crippen molar-refractivity contribution in [3.63, 3.8) is 0 Å². The molecule has 1 aromatic heterocycles. The van der Waals surface area contributed by atoms with Crippen LogP contribution in [-0.4, -0.2) is 29.1 Å². The lowest BCUT2D eigenvalue weighted by Gasteiger charge is -2.26. The Morgan fingerprint density at radius 3 is 2.81 bits per heavy atom. The van der Waals surface area contributed by atoms with Gasteiger partial charge in [-0.3, -0.25) is 10.7 Å². The van der Waals surface area contributed by atoms with Crippen LogP contribution in [0.5, 0.6) is 0 Å². The van der Waals surface area contributed by atoms with E-state index in [9.17, 15) is 4.79 Å². The smallest absolute Gasteiger partial charge is 0.283 e. The number of anilines is 1. The average molecular weight is 240 g/mol. The van der Waals surface area contributed by atoms with E-state index in [1.54, 1.807) is 0 Å². The third kappa shape index (κ3) is 3.18. The number of urea groups is 1. The van der Waals surface area contributed by atoms with E-state index < -0.39 is 0 Å². The molecular formula is C10H16N4OS. The summed E-state index contributed by atoms with van der Waals surface area (Å²) < 4.78 is 0. The fourth-order valence-corrected chi connectivity index (χ4v) is 2.37. The monoisotopic (exact) mass is 240 g/mol. The van der Waals surface area contributed by atoms with Gasteiger partial charge in [-0.15, -0.1) is 11.3 Å². The number of aryl methyl sites for hydroxylation is 1. The maximum absolute atomic E-state index is 11.6. The highest BCUT2D eigenvalue weighted by molar-refractivity contribution is 7.13. The van der Waals surface area contributed by atoms with Crippen LogP contribution in [0.3, 0.4) is 0 Å². The number of carbonyl (C=O) groups excluding carboxylic acids is 1. The van der Waals surface area contributed by atoms with Gasteiger partial charge in [0.1, 0.15) is 0 Å². The van der Waals surface area contributed by atoms with E-state index in [-0.39, 0.29) is 6.03 Å². The Balaban J connectivity index is 1.79. The molecule has 1 fully saturated rings. The summed E-state index contributed by atoms with van der Waals surface area (Å²) in [6.07, 6.45) is 3.55. The van der Waals surface area contributed by atoms with Crippen molar-refractivity contribution in [3.05, 3.63) is 11.1 Å². The number of amides is 2. The van der Waals surface area contributed by atoms with Gasteiger partial charge in [0.25, 0.3) is 0 Å². The summed E-state index contributed by atoms with van der Waals surface area (Å²) >= 11 is 1.44. The van der Waals surface area contributed by atoms with E-state index in [1.807, 2.05) is 17.3 Å². The highest BCUT2D eigenvalue weighted by Gasteiger charge is 2.13. The highest BCUT2D eigenvalue weighted by Crippen LogP contribution is 2.14. The number of thiazole rings is 1. The molecule has 0 radical (unpaired) electrons. The third-order valence-electron chi connectivity index (χ3n) is 2.46. The second kappa shape index (κ2) is 5.27. The zero-order valence-corrected chi connectivity index (χ0v) is 10.1. The molecule has 1 aromatic rings. The van der Waals surface area contributed by atoms with Crippen molar-refractivity contribution < 1.29 is 4.79 Å². The number of nitrogens with zero attached hydrogens (tertiary/aromatic N) is 2. The van der Waals surface area contributed by atoms with E-state index in [0.29, 0.717) is 5.13 Å². The summed E-state index contributed by atoms with van der Waals surface area (Å²) in [6, 6.07) is -0.198. The number of hydrogen-bond acceptors (Lipinski definition) is 4. The van der Waals surface area contributed by atoms with Gasteiger partial charge in [0, 0.05) is 18.5 Å². The van der Waals surface area contributed by atoms with Gasteiger partial charge in [0.05, 0.1) is 5.69 Å². The van der Waals surface area contributed by atoms with Crippen LogP contribution in [0.1, 0.15) is 25.0 Å². The number of aromatic nitrogens is 1. The molecule has 1 saturated heterocycles. The Morgan fingerprint density at radius 2 is 2.19 bits per heavy atom. The second-order valence-electron chi connectivity index (χ2n) is 3.91. The molecule has 0 aliphatic carbocycles. The average Bonchev–Trinajstić information content (AvgIpc) is 2.65. The van der Waals surface area contributed by atoms with Gasteiger partial charge in [-0.05, 0) is 19.8 Å². The van der Waals surface area contributed by atoms with Crippen LogP contribution in [0, 0.1) is 6.92 Å². The number of rotatable bonds is 2. The van der Waals surface area contributed by atoms with Crippen LogP contribution in [0.2, 0.25) is 0 Å². The summed E-state index contributed by atoms with van der Waals surface area (Å²) in [4.78, 5) is 15.8. The Labute approximate surface area is 98.8 Å². The molecule has 2 rings (SSSR count). The first-order chi connectivity index (χ1) is 7.74. The number of piperidine rings is 1. The van der Waals surface area contributed by atoms with Gasteiger partial charge in [-0.2, -0.15) is 0 Å². The van der Waals surface area contributed by atoms with Crippen molar-refractivity contribution in [2.45, 2.75) is 26.2 Å². The second-order valence-corrected chi connectivity index (χ2v) is 4.77. The fourth-order valence-electron chi connectivity index (χ4n) is 1.69. The van der Waals surface area contributed by atoms with Crippen molar-refractivity contribution in [2.75, 3.05) is 18.4 Å². The number of nitrogens with one attached hydrogen (secondary N) is 2. The molecule has 0 bridgehead atoms. The summed E-state index contributed by atoms with van der Waals surface area (Å²) in [6.45, 7) is 3.78. The predicted octanol–water partition coefficient (Wildman–Crippen LogP) is 1.97. The van der Waals surface area contributed by atoms with Crippen LogP contribution in [0.4, 0.5) is 9.93 Å². The molecule has 2 amide bonds.